The number of hydrogen-bond acceptors (Lipinski definition) is 5. The van der Waals surface area contributed by atoms with E-state index in [1.54, 1.807) is 6.92 Å². The molecule has 9 heteroatoms. The second-order valence-corrected chi connectivity index (χ2v) is 4.57. The van der Waals surface area contributed by atoms with Crippen molar-refractivity contribution in [1.29, 1.82) is 0 Å². The summed E-state index contributed by atoms with van der Waals surface area (Å²) in [6.45, 7) is 1.64. The maximum absolute atomic E-state index is 12.9. The van der Waals surface area contributed by atoms with Gasteiger partial charge in [-0.15, -0.1) is 5.10 Å². The Morgan fingerprint density at radius 3 is 2.57 bits per heavy atom. The Morgan fingerprint density at radius 2 is 1.91 bits per heavy atom. The number of hydrogen-bond donors (Lipinski definition) is 2. The van der Waals surface area contributed by atoms with Crippen LogP contribution in [0.25, 0.3) is 11.5 Å². The maximum atomic E-state index is 12.9. The second-order valence-electron chi connectivity index (χ2n) is 4.57. The molecule has 122 valence electrons. The fourth-order valence-electron chi connectivity index (χ4n) is 1.75. The van der Waals surface area contributed by atoms with Gasteiger partial charge < -0.3 is 15.1 Å². The van der Waals surface area contributed by atoms with Gasteiger partial charge in [-0.2, -0.15) is 4.68 Å². The molecule has 0 saturated carbocycles. The Hall–Kier alpha value is -2.97. The van der Waals surface area contributed by atoms with E-state index in [0.29, 0.717) is 12.1 Å². The van der Waals surface area contributed by atoms with Crippen LogP contribution >= 0.6 is 0 Å². The Balaban J connectivity index is 2.01. The molecule has 1 aromatic carbocycles. The topological polar surface area (TPSA) is 106 Å². The first-order valence-electron chi connectivity index (χ1n) is 6.87. The number of halogens is 1. The number of rotatable bonds is 6. The van der Waals surface area contributed by atoms with Gasteiger partial charge in [-0.1, -0.05) is 0 Å². The molecule has 0 aliphatic carbocycles. The van der Waals surface area contributed by atoms with Crippen LogP contribution < -0.4 is 16.4 Å². The van der Waals surface area contributed by atoms with Crippen LogP contribution in [0.2, 0.25) is 0 Å². The van der Waals surface area contributed by atoms with E-state index in [0.717, 1.165) is 4.68 Å². The molecule has 0 aliphatic heterocycles. The van der Waals surface area contributed by atoms with E-state index in [2.05, 4.69) is 15.7 Å². The van der Waals surface area contributed by atoms with Crippen LogP contribution in [0.1, 0.15) is 6.92 Å². The highest BCUT2D eigenvalue weighted by Crippen LogP contribution is 2.15. The fraction of sp³-hybridized carbons (Fsp3) is 0.286. The monoisotopic (exact) mass is 322 g/mol. The predicted octanol–water partition coefficient (Wildman–Crippen LogP) is -0.105. The first-order valence-corrected chi connectivity index (χ1v) is 6.87. The Bertz CT molecular complexity index is 751. The zero-order valence-corrected chi connectivity index (χ0v) is 12.3. The molecule has 0 spiro atoms. The van der Waals surface area contributed by atoms with Gasteiger partial charge in [-0.25, -0.2) is 9.18 Å². The van der Waals surface area contributed by atoms with E-state index < -0.39 is 17.5 Å². The van der Waals surface area contributed by atoms with Crippen LogP contribution in [0, 0.1) is 5.82 Å². The summed E-state index contributed by atoms with van der Waals surface area (Å²) in [6, 6.07) is 5.21. The smallest absolute Gasteiger partial charge is 0.388 e. The van der Waals surface area contributed by atoms with Crippen molar-refractivity contribution in [2.45, 2.75) is 13.5 Å². The number of nitrogens with zero attached hydrogens (tertiary/aromatic N) is 2. The molecular weight excluding hydrogens is 307 g/mol. The molecule has 0 bridgehead atoms. The van der Waals surface area contributed by atoms with Crippen LogP contribution in [0.4, 0.5) is 4.39 Å². The van der Waals surface area contributed by atoms with Crippen LogP contribution in [0.5, 0.6) is 0 Å². The van der Waals surface area contributed by atoms with Gasteiger partial charge in [0.2, 0.25) is 17.7 Å². The van der Waals surface area contributed by atoms with Crippen molar-refractivity contribution < 1.29 is 18.4 Å². The van der Waals surface area contributed by atoms with Crippen molar-refractivity contribution in [2.75, 3.05) is 13.1 Å². The minimum Gasteiger partial charge on any atom is -0.388 e. The van der Waals surface area contributed by atoms with Gasteiger partial charge in [0.15, 0.2) is 0 Å². The zero-order valence-electron chi connectivity index (χ0n) is 12.3. The Morgan fingerprint density at radius 1 is 1.22 bits per heavy atom. The molecule has 0 unspecified atom stereocenters. The van der Waals surface area contributed by atoms with E-state index in [9.17, 15) is 18.8 Å². The number of carbonyl (C=O) groups excluding carboxylic acids is 2. The van der Waals surface area contributed by atoms with Crippen molar-refractivity contribution in [2.24, 2.45) is 0 Å². The third-order valence-electron chi connectivity index (χ3n) is 2.81. The van der Waals surface area contributed by atoms with Crippen molar-refractivity contribution in [1.82, 2.24) is 20.4 Å². The van der Waals surface area contributed by atoms with Crippen LogP contribution in [0.15, 0.2) is 33.5 Å². The quantitative estimate of drug-likeness (QED) is 0.772. The zero-order chi connectivity index (χ0) is 16.8. The lowest BCUT2D eigenvalue weighted by Crippen LogP contribution is -2.39. The highest BCUT2D eigenvalue weighted by Gasteiger charge is 2.13. The minimum atomic E-state index is -0.822. The van der Waals surface area contributed by atoms with Gasteiger partial charge in [-0.3, -0.25) is 9.59 Å². The first-order chi connectivity index (χ1) is 11.0. The van der Waals surface area contributed by atoms with E-state index in [4.69, 9.17) is 4.42 Å². The SMILES string of the molecule is CCNC(=O)CNC(=O)Cn1nc(-c2ccc(F)cc2)oc1=O. The largest absolute Gasteiger partial charge is 0.437 e. The molecular formula is C14H15FN4O4. The summed E-state index contributed by atoms with van der Waals surface area (Å²) in [5, 5.41) is 8.74. The van der Waals surface area contributed by atoms with Crippen molar-refractivity contribution in [3.05, 3.63) is 40.6 Å². The van der Waals surface area contributed by atoms with Gasteiger partial charge in [0, 0.05) is 12.1 Å². The summed E-state index contributed by atoms with van der Waals surface area (Å²) in [5.41, 5.74) is 0.407. The molecule has 2 aromatic rings. The summed E-state index contributed by atoms with van der Waals surface area (Å²) < 4.78 is 18.6. The molecule has 2 rings (SSSR count). The van der Waals surface area contributed by atoms with E-state index >= 15 is 0 Å². The van der Waals surface area contributed by atoms with Gasteiger partial charge in [0.1, 0.15) is 12.4 Å². The molecule has 0 radical (unpaired) electrons. The lowest BCUT2D eigenvalue weighted by molar-refractivity contribution is -0.126. The van der Waals surface area contributed by atoms with Crippen molar-refractivity contribution >= 4 is 11.8 Å². The van der Waals surface area contributed by atoms with Crippen LogP contribution in [-0.2, 0) is 16.1 Å². The van der Waals surface area contributed by atoms with Crippen LogP contribution in [-0.4, -0.2) is 34.7 Å². The van der Waals surface area contributed by atoms with Crippen molar-refractivity contribution in [3.8, 4) is 11.5 Å². The van der Waals surface area contributed by atoms with Crippen LogP contribution in [0.3, 0.4) is 0 Å². The lowest BCUT2D eigenvalue weighted by atomic mass is 10.2. The number of amides is 2. The molecule has 1 heterocycles. The molecule has 23 heavy (non-hydrogen) atoms. The average molecular weight is 322 g/mol. The summed E-state index contributed by atoms with van der Waals surface area (Å²) in [6.07, 6.45) is 0. The van der Waals surface area contributed by atoms with Gasteiger partial charge in [0.05, 0.1) is 6.54 Å². The highest BCUT2D eigenvalue weighted by molar-refractivity contribution is 5.84. The summed E-state index contributed by atoms with van der Waals surface area (Å²) in [4.78, 5) is 34.6. The molecule has 0 saturated heterocycles. The number of aromatic nitrogens is 2. The number of benzene rings is 1. The third-order valence-corrected chi connectivity index (χ3v) is 2.81. The average Bonchev–Trinajstić information content (AvgIpc) is 2.87. The Kier molecular flexibility index (Phi) is 5.23. The highest BCUT2D eigenvalue weighted by atomic mass is 19.1. The number of likely N-dealkylation sites (N-methyl/N-ethyl adjacent to an activating group) is 1. The molecule has 2 N–H and O–H groups in total. The minimum absolute atomic E-state index is 0.0217. The lowest BCUT2D eigenvalue weighted by Gasteiger charge is -2.04. The summed E-state index contributed by atoms with van der Waals surface area (Å²) in [7, 11) is 0. The molecule has 0 fully saturated rings. The van der Waals surface area contributed by atoms with Gasteiger partial charge >= 0.3 is 5.76 Å². The third kappa shape index (κ3) is 4.50. The normalized spacial score (nSPS) is 10.3. The molecule has 2 amide bonds. The van der Waals surface area contributed by atoms with E-state index in [-0.39, 0.29) is 24.9 Å². The molecule has 0 aliphatic rings. The standard InChI is InChI=1S/C14H15FN4O4/c1-2-16-11(20)7-17-12(21)8-19-14(22)23-13(18-19)9-3-5-10(15)6-4-9/h3-6H,2,7-8H2,1H3,(H,16,20)(H,17,21). The van der Waals surface area contributed by atoms with E-state index in [1.807, 2.05) is 0 Å². The maximum Gasteiger partial charge on any atom is 0.437 e. The van der Waals surface area contributed by atoms with Crippen molar-refractivity contribution in [3.63, 3.8) is 0 Å². The van der Waals surface area contributed by atoms with Gasteiger partial charge in [0.25, 0.3) is 0 Å². The number of carbonyl (C=O) groups is 2. The summed E-state index contributed by atoms with van der Waals surface area (Å²) in [5.74, 6) is -2.16. The fourth-order valence-corrected chi connectivity index (χ4v) is 1.75. The predicted molar refractivity (Wildman–Crippen MR) is 77.9 cm³/mol. The second kappa shape index (κ2) is 7.34. The van der Waals surface area contributed by atoms with E-state index in [1.165, 1.54) is 24.3 Å². The summed E-state index contributed by atoms with van der Waals surface area (Å²) >= 11 is 0. The molecule has 8 nitrogen and oxygen atoms in total. The Labute approximate surface area is 130 Å². The number of nitrogens with one attached hydrogen (secondary N) is 2. The first kappa shape index (κ1) is 16.4. The molecule has 1 aromatic heterocycles. The molecule has 0 atom stereocenters. The van der Waals surface area contributed by atoms with Gasteiger partial charge in [-0.05, 0) is 31.2 Å².